The number of nitrogens with one attached hydrogen (secondary N) is 1. The van der Waals surface area contributed by atoms with E-state index in [1.54, 1.807) is 0 Å². The quantitative estimate of drug-likeness (QED) is 0.792. The van der Waals surface area contributed by atoms with Crippen molar-refractivity contribution < 1.29 is 9.90 Å². The van der Waals surface area contributed by atoms with Crippen LogP contribution in [0.5, 0.6) is 0 Å². The summed E-state index contributed by atoms with van der Waals surface area (Å²) in [6.07, 6.45) is 2.60. The molecular weight excluding hydrogens is 270 g/mol. The minimum absolute atomic E-state index is 0.0316. The molecule has 0 saturated carbocycles. The van der Waals surface area contributed by atoms with Gasteiger partial charge in [-0.3, -0.25) is 4.79 Å². The standard InChI is InChI=1S/C16H23NO2S/c1-4-13(5-2)12(3)17-16(19)14-10-15(20-11-14)8-6-7-9-18/h10-13,18H,4-5,7,9H2,1-3H3,(H,17,19). The molecule has 1 heterocycles. The van der Waals surface area contributed by atoms with Crippen LogP contribution in [-0.2, 0) is 0 Å². The van der Waals surface area contributed by atoms with Crippen molar-refractivity contribution in [3.63, 3.8) is 0 Å². The van der Waals surface area contributed by atoms with Crippen LogP contribution in [0.1, 0.15) is 55.3 Å². The van der Waals surface area contributed by atoms with Crippen LogP contribution in [0.3, 0.4) is 0 Å². The molecule has 1 aromatic heterocycles. The van der Waals surface area contributed by atoms with E-state index in [-0.39, 0.29) is 18.6 Å². The predicted molar refractivity (Wildman–Crippen MR) is 83.9 cm³/mol. The Morgan fingerprint density at radius 1 is 1.45 bits per heavy atom. The van der Waals surface area contributed by atoms with Gasteiger partial charge in [0.05, 0.1) is 17.0 Å². The van der Waals surface area contributed by atoms with Crippen molar-refractivity contribution in [1.29, 1.82) is 0 Å². The van der Waals surface area contributed by atoms with Gasteiger partial charge >= 0.3 is 0 Å². The smallest absolute Gasteiger partial charge is 0.252 e. The number of hydrogen-bond acceptors (Lipinski definition) is 3. The van der Waals surface area contributed by atoms with Gasteiger partial charge in [-0.1, -0.05) is 38.5 Å². The second-order valence-corrected chi connectivity index (χ2v) is 5.72. The third-order valence-electron chi connectivity index (χ3n) is 3.42. The number of rotatable bonds is 6. The summed E-state index contributed by atoms with van der Waals surface area (Å²) in [6, 6.07) is 1.99. The molecule has 0 fully saturated rings. The maximum Gasteiger partial charge on any atom is 0.252 e. The van der Waals surface area contributed by atoms with Crippen molar-refractivity contribution in [2.45, 2.75) is 46.1 Å². The summed E-state index contributed by atoms with van der Waals surface area (Å²) in [5.41, 5.74) is 0.668. The Balaban J connectivity index is 2.63. The molecule has 0 saturated heterocycles. The lowest BCUT2D eigenvalue weighted by Gasteiger charge is -2.22. The Morgan fingerprint density at radius 3 is 2.75 bits per heavy atom. The molecule has 0 aromatic carbocycles. The monoisotopic (exact) mass is 293 g/mol. The van der Waals surface area contributed by atoms with E-state index in [9.17, 15) is 4.79 Å². The molecule has 110 valence electrons. The van der Waals surface area contributed by atoms with Crippen molar-refractivity contribution in [3.8, 4) is 11.8 Å². The fourth-order valence-corrected chi connectivity index (χ4v) is 2.89. The molecule has 0 aliphatic carbocycles. The van der Waals surface area contributed by atoms with Gasteiger partial charge in [-0.2, -0.15) is 0 Å². The molecule has 1 unspecified atom stereocenters. The van der Waals surface area contributed by atoms with E-state index >= 15 is 0 Å². The molecule has 0 aliphatic heterocycles. The molecule has 1 amide bonds. The summed E-state index contributed by atoms with van der Waals surface area (Å²) in [7, 11) is 0. The minimum Gasteiger partial charge on any atom is -0.395 e. The Hall–Kier alpha value is -1.31. The molecule has 0 radical (unpaired) electrons. The summed E-state index contributed by atoms with van der Waals surface area (Å²) < 4.78 is 0. The van der Waals surface area contributed by atoms with Crippen LogP contribution in [0.4, 0.5) is 0 Å². The summed E-state index contributed by atoms with van der Waals surface area (Å²) in [4.78, 5) is 13.0. The third-order valence-corrected chi connectivity index (χ3v) is 4.27. The highest BCUT2D eigenvalue weighted by atomic mass is 32.1. The molecule has 0 bridgehead atoms. The second-order valence-electron chi connectivity index (χ2n) is 4.81. The van der Waals surface area contributed by atoms with Gasteiger partial charge < -0.3 is 10.4 Å². The Labute approximate surface area is 125 Å². The summed E-state index contributed by atoms with van der Waals surface area (Å²) >= 11 is 1.46. The Kier molecular flexibility index (Phi) is 7.35. The molecule has 4 heteroatoms. The lowest BCUT2D eigenvalue weighted by Crippen LogP contribution is -2.37. The second kappa shape index (κ2) is 8.78. The maximum atomic E-state index is 12.1. The summed E-state index contributed by atoms with van der Waals surface area (Å²) in [6.45, 7) is 6.43. The SMILES string of the molecule is CCC(CC)C(C)NC(=O)c1csc(C#CCCO)c1. The average molecular weight is 293 g/mol. The first-order valence-electron chi connectivity index (χ1n) is 7.11. The lowest BCUT2D eigenvalue weighted by molar-refractivity contribution is 0.0925. The highest BCUT2D eigenvalue weighted by Gasteiger charge is 2.17. The number of hydrogen-bond donors (Lipinski definition) is 2. The van der Waals surface area contributed by atoms with E-state index in [4.69, 9.17) is 5.11 Å². The largest absolute Gasteiger partial charge is 0.395 e. The third kappa shape index (κ3) is 4.99. The molecule has 0 aliphatic rings. The van der Waals surface area contributed by atoms with Gasteiger partial charge in [0.1, 0.15) is 0 Å². The first-order chi connectivity index (χ1) is 9.62. The zero-order valence-electron chi connectivity index (χ0n) is 12.4. The van der Waals surface area contributed by atoms with Gasteiger partial charge in [-0.25, -0.2) is 0 Å². The van der Waals surface area contributed by atoms with Crippen molar-refractivity contribution >= 4 is 17.2 Å². The van der Waals surface area contributed by atoms with Gasteiger partial charge in [0.2, 0.25) is 0 Å². The number of thiophene rings is 1. The van der Waals surface area contributed by atoms with Crippen molar-refractivity contribution in [2.24, 2.45) is 5.92 Å². The van der Waals surface area contributed by atoms with E-state index in [0.717, 1.165) is 17.7 Å². The van der Waals surface area contributed by atoms with E-state index in [2.05, 4.69) is 37.9 Å². The normalized spacial score (nSPS) is 11.8. The first kappa shape index (κ1) is 16.7. The van der Waals surface area contributed by atoms with Gasteiger partial charge in [-0.05, 0) is 18.9 Å². The molecular formula is C16H23NO2S. The molecule has 1 aromatic rings. The summed E-state index contributed by atoms with van der Waals surface area (Å²) in [5.74, 6) is 6.29. The van der Waals surface area contributed by atoms with Crippen molar-refractivity contribution in [2.75, 3.05) is 6.61 Å². The highest BCUT2D eigenvalue weighted by Crippen LogP contribution is 2.16. The molecule has 1 rings (SSSR count). The van der Waals surface area contributed by atoms with E-state index in [0.29, 0.717) is 17.9 Å². The van der Waals surface area contributed by atoms with Gasteiger partial charge in [0.15, 0.2) is 0 Å². The average Bonchev–Trinajstić information content (AvgIpc) is 2.89. The minimum atomic E-state index is -0.0316. The van der Waals surface area contributed by atoms with Crippen LogP contribution < -0.4 is 5.32 Å². The number of amides is 1. The number of aliphatic hydroxyl groups excluding tert-OH is 1. The fourth-order valence-electron chi connectivity index (χ4n) is 2.13. The van der Waals surface area contributed by atoms with Crippen LogP contribution in [0.15, 0.2) is 11.4 Å². The zero-order chi connectivity index (χ0) is 15.0. The first-order valence-corrected chi connectivity index (χ1v) is 7.99. The predicted octanol–water partition coefficient (Wildman–Crippen LogP) is 3.04. The van der Waals surface area contributed by atoms with Crippen LogP contribution in [0.25, 0.3) is 0 Å². The van der Waals surface area contributed by atoms with Gasteiger partial charge in [0, 0.05) is 17.8 Å². The number of carbonyl (C=O) groups excluding carboxylic acids is 1. The van der Waals surface area contributed by atoms with Gasteiger partial charge in [-0.15, -0.1) is 11.3 Å². The van der Waals surface area contributed by atoms with E-state index < -0.39 is 0 Å². The van der Waals surface area contributed by atoms with Crippen LogP contribution >= 0.6 is 11.3 Å². The maximum absolute atomic E-state index is 12.1. The lowest BCUT2D eigenvalue weighted by atomic mass is 9.95. The van der Waals surface area contributed by atoms with Crippen molar-refractivity contribution in [3.05, 3.63) is 21.9 Å². The number of carbonyl (C=O) groups is 1. The zero-order valence-corrected chi connectivity index (χ0v) is 13.2. The van der Waals surface area contributed by atoms with Gasteiger partial charge in [0.25, 0.3) is 5.91 Å². The fraction of sp³-hybridized carbons (Fsp3) is 0.562. The molecule has 3 nitrogen and oxygen atoms in total. The molecule has 20 heavy (non-hydrogen) atoms. The topological polar surface area (TPSA) is 49.3 Å². The highest BCUT2D eigenvalue weighted by molar-refractivity contribution is 7.10. The molecule has 2 N–H and O–H groups in total. The van der Waals surface area contributed by atoms with E-state index in [1.807, 2.05) is 11.4 Å². The van der Waals surface area contributed by atoms with Crippen LogP contribution in [-0.4, -0.2) is 23.7 Å². The molecule has 1 atom stereocenters. The van der Waals surface area contributed by atoms with Crippen LogP contribution in [0, 0.1) is 17.8 Å². The van der Waals surface area contributed by atoms with Crippen LogP contribution in [0.2, 0.25) is 0 Å². The Morgan fingerprint density at radius 2 is 2.15 bits per heavy atom. The molecule has 0 spiro atoms. The van der Waals surface area contributed by atoms with Crippen molar-refractivity contribution in [1.82, 2.24) is 5.32 Å². The number of aliphatic hydroxyl groups is 1. The van der Waals surface area contributed by atoms with E-state index in [1.165, 1.54) is 11.3 Å². The summed E-state index contributed by atoms with van der Waals surface area (Å²) in [5, 5.41) is 13.6. The Bertz CT molecular complexity index is 480.